The molecule has 2 atom stereocenters. The van der Waals surface area contributed by atoms with Gasteiger partial charge in [0.05, 0.1) is 27.9 Å². The monoisotopic (exact) mass is 1030 g/mol. The van der Waals surface area contributed by atoms with Gasteiger partial charge in [0.15, 0.2) is 0 Å². The van der Waals surface area contributed by atoms with Gasteiger partial charge in [-0.2, -0.15) is 0 Å². The molecule has 16 rings (SSSR count). The highest BCUT2D eigenvalue weighted by Gasteiger charge is 2.55. The van der Waals surface area contributed by atoms with E-state index in [2.05, 4.69) is 275 Å². The molecular weight excluding hydrogens is 973 g/mol. The van der Waals surface area contributed by atoms with Gasteiger partial charge in [0.25, 0.3) is 0 Å². The fourth-order valence-electron chi connectivity index (χ4n) is 15.4. The molecule has 2 nitrogen and oxygen atoms in total. The zero-order chi connectivity index (χ0) is 53.2. The van der Waals surface area contributed by atoms with E-state index in [1.807, 2.05) is 11.8 Å². The van der Waals surface area contributed by atoms with Gasteiger partial charge in [0.2, 0.25) is 0 Å². The van der Waals surface area contributed by atoms with Crippen LogP contribution in [0.15, 0.2) is 251 Å². The van der Waals surface area contributed by atoms with Crippen LogP contribution in [0.4, 0.5) is 11.4 Å². The molecule has 79 heavy (non-hydrogen) atoms. The molecule has 0 bridgehead atoms. The minimum absolute atomic E-state index is 0.0258. The smallest absolute Gasteiger partial charge is 0.0726 e. The van der Waals surface area contributed by atoms with Crippen molar-refractivity contribution in [2.75, 3.05) is 4.90 Å². The predicted molar refractivity (Wildman–Crippen MR) is 332 cm³/mol. The van der Waals surface area contributed by atoms with Crippen molar-refractivity contribution >= 4 is 50.5 Å². The maximum absolute atomic E-state index is 2.72. The second kappa shape index (κ2) is 16.7. The molecule has 3 heteroatoms. The van der Waals surface area contributed by atoms with Crippen molar-refractivity contribution in [1.29, 1.82) is 0 Å². The Kier molecular flexibility index (Phi) is 9.93. The summed E-state index contributed by atoms with van der Waals surface area (Å²) in [6, 6.07) is 79.3. The van der Waals surface area contributed by atoms with Gasteiger partial charge in [-0.1, -0.05) is 235 Å². The lowest BCUT2D eigenvalue weighted by Crippen LogP contribution is -2.39. The Balaban J connectivity index is 0.948. The van der Waals surface area contributed by atoms with Gasteiger partial charge in [-0.3, -0.25) is 0 Å². The van der Waals surface area contributed by atoms with Crippen LogP contribution in [0, 0.1) is 5.41 Å². The third-order valence-corrected chi connectivity index (χ3v) is 20.2. The third-order valence-electron chi connectivity index (χ3n) is 18.9. The molecule has 2 unspecified atom stereocenters. The van der Waals surface area contributed by atoms with Crippen molar-refractivity contribution in [1.82, 2.24) is 4.57 Å². The number of benzene rings is 9. The maximum atomic E-state index is 2.72. The highest BCUT2D eigenvalue weighted by atomic mass is 32.2. The van der Waals surface area contributed by atoms with Gasteiger partial charge in [0.1, 0.15) is 0 Å². The summed E-state index contributed by atoms with van der Waals surface area (Å²) in [5.41, 5.74) is 27.3. The van der Waals surface area contributed by atoms with Crippen molar-refractivity contribution in [3.63, 3.8) is 0 Å². The molecule has 382 valence electrons. The Bertz CT molecular complexity index is 4300. The second-order valence-electron chi connectivity index (χ2n) is 25.0. The molecule has 9 aromatic carbocycles. The summed E-state index contributed by atoms with van der Waals surface area (Å²) >= 11 is 2.04. The number of anilines is 2. The maximum Gasteiger partial charge on any atom is 0.0726 e. The molecule has 0 N–H and O–H groups in total. The molecule has 2 heterocycles. The molecule has 0 saturated heterocycles. The first kappa shape index (κ1) is 46.9. The quantitative estimate of drug-likeness (QED) is 0.174. The van der Waals surface area contributed by atoms with Crippen molar-refractivity contribution in [2.24, 2.45) is 5.41 Å². The van der Waals surface area contributed by atoms with Crippen LogP contribution in [-0.2, 0) is 16.2 Å². The minimum Gasteiger partial charge on any atom is -0.334 e. The predicted octanol–water partition coefficient (Wildman–Crippen LogP) is 19.8. The lowest BCUT2D eigenvalue weighted by Gasteiger charge is -2.46. The highest BCUT2D eigenvalue weighted by Crippen LogP contribution is 2.67. The van der Waals surface area contributed by atoms with E-state index in [4.69, 9.17) is 0 Å². The Labute approximate surface area is 469 Å². The topological polar surface area (TPSA) is 8.17 Å². The number of hydrogen-bond acceptors (Lipinski definition) is 2. The Hall–Kier alpha value is -8.11. The lowest BCUT2D eigenvalue weighted by molar-refractivity contribution is 0.476. The number of aromatic nitrogens is 1. The zero-order valence-corrected chi connectivity index (χ0v) is 46.7. The number of allylic oxidation sites excluding steroid dienone is 6. The van der Waals surface area contributed by atoms with Crippen LogP contribution in [0.3, 0.4) is 0 Å². The highest BCUT2D eigenvalue weighted by molar-refractivity contribution is 8.03. The summed E-state index contributed by atoms with van der Waals surface area (Å²) in [7, 11) is 0. The van der Waals surface area contributed by atoms with E-state index in [9.17, 15) is 0 Å². The van der Waals surface area contributed by atoms with Crippen LogP contribution in [-0.4, -0.2) is 10.6 Å². The molecule has 1 aromatic heterocycles. The summed E-state index contributed by atoms with van der Waals surface area (Å²) < 4.78 is 2.48. The molecule has 2 spiro atoms. The van der Waals surface area contributed by atoms with E-state index in [0.717, 1.165) is 24.9 Å². The van der Waals surface area contributed by atoms with E-state index in [1.165, 1.54) is 126 Å². The van der Waals surface area contributed by atoms with E-state index in [-0.39, 0.29) is 16.9 Å². The Morgan fingerprint density at radius 1 is 0.481 bits per heavy atom. The molecule has 5 aliphatic carbocycles. The SMILES string of the molecule is CC(C)(C)C1=CC2=C(CC1)Sc1ccc(C(C)(C)C)cc1C21C2=C(C=CC(N(c3cccc(-n4c5ccccc5c5ccccc54)c3)c3ccc4c(c3)C3(c5ccccc5-c5ccccc53)c3ccccc3-4)C2)c2ccccc21. The molecule has 6 aliphatic rings. The summed E-state index contributed by atoms with van der Waals surface area (Å²) in [6.07, 6.45) is 10.8. The number of rotatable bonds is 4. The van der Waals surface area contributed by atoms with Gasteiger partial charge >= 0.3 is 0 Å². The summed E-state index contributed by atoms with van der Waals surface area (Å²) in [5, 5.41) is 2.53. The zero-order valence-electron chi connectivity index (χ0n) is 45.9. The van der Waals surface area contributed by atoms with Crippen molar-refractivity contribution in [3.8, 4) is 27.9 Å². The summed E-state index contributed by atoms with van der Waals surface area (Å²) in [6.45, 7) is 14.4. The van der Waals surface area contributed by atoms with E-state index < -0.39 is 10.8 Å². The average molecular weight is 1040 g/mol. The van der Waals surface area contributed by atoms with Gasteiger partial charge in [-0.25, -0.2) is 0 Å². The first-order valence-corrected chi connectivity index (χ1v) is 29.4. The molecule has 0 amide bonds. The molecule has 1 aliphatic heterocycles. The number of hydrogen-bond donors (Lipinski definition) is 0. The largest absolute Gasteiger partial charge is 0.334 e. The first-order valence-electron chi connectivity index (χ1n) is 28.5. The number of para-hydroxylation sites is 2. The van der Waals surface area contributed by atoms with E-state index >= 15 is 0 Å². The van der Waals surface area contributed by atoms with Crippen LogP contribution < -0.4 is 4.90 Å². The molecule has 0 radical (unpaired) electrons. The van der Waals surface area contributed by atoms with Crippen LogP contribution in [0.2, 0.25) is 0 Å². The standard InChI is InChI=1S/C76H62N2S/c1-73(2,3)47-34-40-71-67(42-47)76(68-43-48(74(4,5)6)35-41-72(68)79-71)64-31-16-10-25-56(64)58-39-37-52(46-66(58)76)77(49-20-19-21-50(44-49)78-69-32-17-11-26-59(69)60-27-12-18-33-70(60)78)51-36-38-57-55-24-9-15-30-63(55)75(65(57)45-51)61-28-13-7-22-53(61)54-23-8-14-29-62(54)75/h7-34,36-40,42-45,52H,35,41,46H2,1-6H3. The number of fused-ring (bicyclic) bond motifs is 20. The number of nitrogens with zero attached hydrogens (tertiary/aromatic N) is 2. The Morgan fingerprint density at radius 3 is 1.68 bits per heavy atom. The molecular formula is C76H62N2S. The number of thioether (sulfide) groups is 1. The third kappa shape index (κ3) is 6.43. The van der Waals surface area contributed by atoms with E-state index in [0.29, 0.717) is 0 Å². The van der Waals surface area contributed by atoms with Crippen molar-refractivity contribution in [2.45, 2.75) is 88.0 Å². The van der Waals surface area contributed by atoms with E-state index in [1.54, 1.807) is 5.57 Å². The normalized spacial score (nSPS) is 19.0. The van der Waals surface area contributed by atoms with Gasteiger partial charge in [-0.05, 0) is 167 Å². The van der Waals surface area contributed by atoms with Crippen molar-refractivity contribution in [3.05, 3.63) is 291 Å². The second-order valence-corrected chi connectivity index (χ2v) is 26.2. The Morgan fingerprint density at radius 2 is 1.05 bits per heavy atom. The lowest BCUT2D eigenvalue weighted by atomic mass is 9.61. The van der Waals surface area contributed by atoms with Crippen molar-refractivity contribution < 1.29 is 0 Å². The first-order chi connectivity index (χ1) is 38.4. The van der Waals surface area contributed by atoms with Gasteiger partial charge in [0, 0.05) is 32.7 Å². The van der Waals surface area contributed by atoms with Crippen LogP contribution in [0.5, 0.6) is 0 Å². The molecule has 0 saturated carbocycles. The molecule has 0 fully saturated rings. The van der Waals surface area contributed by atoms with Crippen LogP contribution in [0.25, 0.3) is 55.3 Å². The average Bonchev–Trinajstić information content (AvgIpc) is 3.12. The minimum atomic E-state index is -0.476. The van der Waals surface area contributed by atoms with Gasteiger partial charge < -0.3 is 9.47 Å². The van der Waals surface area contributed by atoms with Gasteiger partial charge in [-0.15, -0.1) is 0 Å². The summed E-state index contributed by atoms with van der Waals surface area (Å²) in [4.78, 5) is 5.63. The molecule has 10 aromatic rings. The summed E-state index contributed by atoms with van der Waals surface area (Å²) in [5.74, 6) is 0. The van der Waals surface area contributed by atoms with Crippen LogP contribution >= 0.6 is 11.8 Å². The fourth-order valence-corrected chi connectivity index (χ4v) is 16.7. The fraction of sp³-hybridized carbons (Fsp3) is 0.184. The van der Waals surface area contributed by atoms with Crippen LogP contribution in [0.1, 0.15) is 105 Å².